The van der Waals surface area contributed by atoms with Crippen molar-refractivity contribution in [3.05, 3.63) is 48.5 Å². The van der Waals surface area contributed by atoms with Crippen LogP contribution in [0.3, 0.4) is 0 Å². The molecule has 0 saturated carbocycles. The number of hydrogen-bond donors (Lipinski definition) is 2. The summed E-state index contributed by atoms with van der Waals surface area (Å²) in [6.45, 7) is 2.12. The van der Waals surface area contributed by atoms with E-state index < -0.39 is 6.09 Å². The van der Waals surface area contributed by atoms with Crippen LogP contribution in [0.15, 0.2) is 48.5 Å². The third-order valence-corrected chi connectivity index (χ3v) is 2.65. The van der Waals surface area contributed by atoms with Crippen LogP contribution in [0.5, 0.6) is 0 Å². The number of anilines is 2. The van der Waals surface area contributed by atoms with Gasteiger partial charge in [-0.05, 0) is 42.3 Å². The number of benzene rings is 2. The average Bonchev–Trinajstić information content (AvgIpc) is 2.41. The Morgan fingerprint density at radius 1 is 1.05 bits per heavy atom. The van der Waals surface area contributed by atoms with E-state index in [1.807, 2.05) is 48.5 Å². The molecular formula is C15H16N2O2. The molecule has 0 aliphatic carbocycles. The maximum Gasteiger partial charge on any atom is 0.411 e. The second-order valence-corrected chi connectivity index (χ2v) is 4.04. The third-order valence-electron chi connectivity index (χ3n) is 2.65. The first-order valence-electron chi connectivity index (χ1n) is 6.09. The van der Waals surface area contributed by atoms with E-state index in [4.69, 9.17) is 10.5 Å². The second-order valence-electron chi connectivity index (χ2n) is 4.04. The molecule has 0 aromatic heterocycles. The van der Waals surface area contributed by atoms with Crippen molar-refractivity contribution in [2.75, 3.05) is 17.7 Å². The predicted octanol–water partition coefficient (Wildman–Crippen LogP) is 3.50. The smallest absolute Gasteiger partial charge is 0.411 e. The van der Waals surface area contributed by atoms with Gasteiger partial charge < -0.3 is 10.5 Å². The number of hydrogen-bond acceptors (Lipinski definition) is 3. The summed E-state index contributed by atoms with van der Waals surface area (Å²) in [6.07, 6.45) is -0.442. The first-order chi connectivity index (χ1) is 9.19. The van der Waals surface area contributed by atoms with Gasteiger partial charge in [0.05, 0.1) is 6.61 Å². The molecule has 0 aliphatic heterocycles. The molecule has 0 saturated heterocycles. The molecule has 3 N–H and O–H groups in total. The highest BCUT2D eigenvalue weighted by Gasteiger charge is 2.02. The number of nitrogens with two attached hydrogens (primary N) is 1. The van der Waals surface area contributed by atoms with Gasteiger partial charge in [0.1, 0.15) is 0 Å². The number of carbonyl (C=O) groups excluding carboxylic acids is 1. The lowest BCUT2D eigenvalue weighted by molar-refractivity contribution is 0.168. The summed E-state index contributed by atoms with van der Waals surface area (Å²) in [6, 6.07) is 15.2. The molecule has 0 radical (unpaired) electrons. The van der Waals surface area contributed by atoms with Crippen LogP contribution >= 0.6 is 0 Å². The zero-order valence-corrected chi connectivity index (χ0v) is 10.7. The van der Waals surface area contributed by atoms with E-state index >= 15 is 0 Å². The van der Waals surface area contributed by atoms with E-state index in [1.54, 1.807) is 6.92 Å². The van der Waals surface area contributed by atoms with Gasteiger partial charge in [-0.2, -0.15) is 0 Å². The van der Waals surface area contributed by atoms with Gasteiger partial charge in [0.25, 0.3) is 0 Å². The molecule has 0 aliphatic rings. The van der Waals surface area contributed by atoms with Crippen LogP contribution in [0.2, 0.25) is 0 Å². The van der Waals surface area contributed by atoms with Crippen molar-refractivity contribution >= 4 is 17.5 Å². The Balaban J connectivity index is 2.10. The Kier molecular flexibility index (Phi) is 4.03. The van der Waals surface area contributed by atoms with E-state index in [0.717, 1.165) is 16.8 Å². The molecule has 19 heavy (non-hydrogen) atoms. The summed E-state index contributed by atoms with van der Waals surface area (Å²) < 4.78 is 4.81. The Morgan fingerprint density at radius 3 is 2.11 bits per heavy atom. The summed E-state index contributed by atoms with van der Waals surface area (Å²) in [7, 11) is 0. The van der Waals surface area contributed by atoms with Crippen molar-refractivity contribution < 1.29 is 9.53 Å². The molecule has 2 aromatic rings. The molecule has 0 unspecified atom stereocenters. The lowest BCUT2D eigenvalue weighted by Gasteiger charge is -2.07. The van der Waals surface area contributed by atoms with Crippen molar-refractivity contribution in [2.24, 2.45) is 0 Å². The molecule has 0 heterocycles. The summed E-state index contributed by atoms with van der Waals surface area (Å²) in [5.41, 5.74) is 9.24. The molecule has 0 bridgehead atoms. The van der Waals surface area contributed by atoms with Crippen LogP contribution in [-0.4, -0.2) is 12.7 Å². The Bertz CT molecular complexity index is 547. The lowest BCUT2D eigenvalue weighted by atomic mass is 10.1. The molecule has 0 atom stereocenters. The number of ether oxygens (including phenoxy) is 1. The van der Waals surface area contributed by atoms with Gasteiger partial charge in [-0.3, -0.25) is 5.32 Å². The molecule has 2 aromatic carbocycles. The second kappa shape index (κ2) is 5.91. The molecule has 98 valence electrons. The number of nitrogen functional groups attached to an aromatic ring is 1. The Morgan fingerprint density at radius 2 is 1.58 bits per heavy atom. The highest BCUT2D eigenvalue weighted by Crippen LogP contribution is 2.22. The van der Waals surface area contributed by atoms with Gasteiger partial charge in [0.2, 0.25) is 0 Å². The highest BCUT2D eigenvalue weighted by atomic mass is 16.5. The standard InChI is InChI=1S/C15H16N2O2/c1-2-19-15(18)17-14-9-5-12(6-10-14)11-3-7-13(16)8-4-11/h3-10H,2,16H2,1H3,(H,17,18). The fourth-order valence-electron chi connectivity index (χ4n) is 1.71. The molecule has 0 spiro atoms. The Hall–Kier alpha value is -2.49. The fraction of sp³-hybridized carbons (Fsp3) is 0.133. The van der Waals surface area contributed by atoms with Crippen molar-refractivity contribution in [3.8, 4) is 11.1 Å². The largest absolute Gasteiger partial charge is 0.450 e. The van der Waals surface area contributed by atoms with Crippen LogP contribution in [0, 0.1) is 0 Å². The minimum atomic E-state index is -0.442. The molecule has 1 amide bonds. The number of carbonyl (C=O) groups is 1. The summed E-state index contributed by atoms with van der Waals surface area (Å²) in [5.74, 6) is 0. The molecule has 4 nitrogen and oxygen atoms in total. The van der Waals surface area contributed by atoms with Gasteiger partial charge in [0.15, 0.2) is 0 Å². The number of amides is 1. The molecule has 4 heteroatoms. The van der Waals surface area contributed by atoms with Crippen LogP contribution in [-0.2, 0) is 4.74 Å². The van der Waals surface area contributed by atoms with Gasteiger partial charge in [-0.25, -0.2) is 4.79 Å². The minimum absolute atomic E-state index is 0.357. The van der Waals surface area contributed by atoms with Gasteiger partial charge in [-0.15, -0.1) is 0 Å². The van der Waals surface area contributed by atoms with E-state index in [1.165, 1.54) is 0 Å². The van der Waals surface area contributed by atoms with Crippen molar-refractivity contribution in [1.82, 2.24) is 0 Å². The number of nitrogens with one attached hydrogen (secondary N) is 1. The van der Waals surface area contributed by atoms with Crippen molar-refractivity contribution in [2.45, 2.75) is 6.92 Å². The predicted molar refractivity (Wildman–Crippen MR) is 76.9 cm³/mol. The molecule has 0 fully saturated rings. The summed E-state index contributed by atoms with van der Waals surface area (Å²) in [5, 5.41) is 2.65. The number of rotatable bonds is 3. The van der Waals surface area contributed by atoms with E-state index in [-0.39, 0.29) is 0 Å². The van der Waals surface area contributed by atoms with E-state index in [9.17, 15) is 4.79 Å². The quantitative estimate of drug-likeness (QED) is 0.826. The van der Waals surface area contributed by atoms with Crippen LogP contribution in [0.25, 0.3) is 11.1 Å². The van der Waals surface area contributed by atoms with Crippen LogP contribution in [0.4, 0.5) is 16.2 Å². The van der Waals surface area contributed by atoms with Crippen molar-refractivity contribution in [1.29, 1.82) is 0 Å². The summed E-state index contributed by atoms with van der Waals surface area (Å²) >= 11 is 0. The van der Waals surface area contributed by atoms with Crippen LogP contribution in [0.1, 0.15) is 6.92 Å². The highest BCUT2D eigenvalue weighted by molar-refractivity contribution is 5.85. The maximum atomic E-state index is 11.3. The monoisotopic (exact) mass is 256 g/mol. The normalized spacial score (nSPS) is 9.95. The SMILES string of the molecule is CCOC(=O)Nc1ccc(-c2ccc(N)cc2)cc1. The first-order valence-corrected chi connectivity index (χ1v) is 6.09. The van der Waals surface area contributed by atoms with Crippen molar-refractivity contribution in [3.63, 3.8) is 0 Å². The topological polar surface area (TPSA) is 64.3 Å². The minimum Gasteiger partial charge on any atom is -0.450 e. The lowest BCUT2D eigenvalue weighted by Crippen LogP contribution is -2.12. The zero-order chi connectivity index (χ0) is 13.7. The zero-order valence-electron chi connectivity index (χ0n) is 10.7. The third kappa shape index (κ3) is 3.48. The first kappa shape index (κ1) is 13.0. The van der Waals surface area contributed by atoms with Crippen LogP contribution < -0.4 is 11.1 Å². The molecular weight excluding hydrogens is 240 g/mol. The molecule has 2 rings (SSSR count). The fourth-order valence-corrected chi connectivity index (χ4v) is 1.71. The maximum absolute atomic E-state index is 11.3. The van der Waals surface area contributed by atoms with Gasteiger partial charge in [0, 0.05) is 11.4 Å². The van der Waals surface area contributed by atoms with Gasteiger partial charge in [-0.1, -0.05) is 24.3 Å². The van der Waals surface area contributed by atoms with E-state index in [2.05, 4.69) is 5.32 Å². The Labute approximate surface area is 112 Å². The van der Waals surface area contributed by atoms with Gasteiger partial charge >= 0.3 is 6.09 Å². The average molecular weight is 256 g/mol. The van der Waals surface area contributed by atoms with E-state index in [0.29, 0.717) is 12.3 Å². The summed E-state index contributed by atoms with van der Waals surface area (Å²) in [4.78, 5) is 11.3.